The summed E-state index contributed by atoms with van der Waals surface area (Å²) in [6, 6.07) is 4.05. The van der Waals surface area contributed by atoms with Crippen LogP contribution in [0.25, 0.3) is 0 Å². The van der Waals surface area contributed by atoms with E-state index in [1.165, 1.54) is 18.2 Å². The summed E-state index contributed by atoms with van der Waals surface area (Å²) in [5.41, 5.74) is -2.10. The fraction of sp³-hybridized carbons (Fsp3) is 0.385. The van der Waals surface area contributed by atoms with Crippen LogP contribution in [0.4, 0.5) is 5.69 Å². The molecule has 0 aliphatic carbocycles. The molecule has 1 saturated heterocycles. The number of carboxylic acids is 1. The molecule has 1 atom stereocenters. The Balaban J connectivity index is 2.50. The van der Waals surface area contributed by atoms with E-state index in [4.69, 9.17) is 16.3 Å². The van der Waals surface area contributed by atoms with E-state index >= 15 is 0 Å². The van der Waals surface area contributed by atoms with Crippen molar-refractivity contribution < 1.29 is 24.4 Å². The van der Waals surface area contributed by atoms with Crippen LogP contribution in [0.2, 0.25) is 5.02 Å². The average Bonchev–Trinajstić information content (AvgIpc) is 2.42. The smallest absolute Gasteiger partial charge is 0.319 e. The summed E-state index contributed by atoms with van der Waals surface area (Å²) in [6.45, 7) is -0.165. The fourth-order valence-electron chi connectivity index (χ4n) is 2.33. The monoisotopic (exact) mass is 313 g/mol. The van der Waals surface area contributed by atoms with Gasteiger partial charge < -0.3 is 9.84 Å². The van der Waals surface area contributed by atoms with Crippen LogP contribution in [-0.2, 0) is 20.7 Å². The third-order valence-electron chi connectivity index (χ3n) is 3.53. The molecule has 0 bridgehead atoms. The van der Waals surface area contributed by atoms with Crippen molar-refractivity contribution in [1.82, 2.24) is 0 Å². The van der Waals surface area contributed by atoms with Gasteiger partial charge in [-0.3, -0.25) is 19.7 Å². The number of aliphatic carboxylic acids is 1. The second kappa shape index (κ2) is 5.79. The SMILES string of the molecule is O=C(O)C1(Cc2c(Cl)cccc2[N+](=O)[O-])COCCC1=O. The molecule has 0 amide bonds. The minimum absolute atomic E-state index is 0.0328. The molecule has 2 rings (SSSR count). The molecule has 1 N–H and O–H groups in total. The van der Waals surface area contributed by atoms with Gasteiger partial charge in [0.2, 0.25) is 0 Å². The molecule has 1 aromatic carbocycles. The Morgan fingerprint density at radius 2 is 2.24 bits per heavy atom. The van der Waals surface area contributed by atoms with Crippen molar-refractivity contribution in [1.29, 1.82) is 0 Å². The van der Waals surface area contributed by atoms with Crippen LogP contribution in [0.5, 0.6) is 0 Å². The highest BCUT2D eigenvalue weighted by Crippen LogP contribution is 2.36. The molecular weight excluding hydrogens is 302 g/mol. The van der Waals surface area contributed by atoms with E-state index in [9.17, 15) is 24.8 Å². The molecule has 1 heterocycles. The van der Waals surface area contributed by atoms with Gasteiger partial charge in [-0.2, -0.15) is 0 Å². The van der Waals surface area contributed by atoms with Gasteiger partial charge >= 0.3 is 5.97 Å². The van der Waals surface area contributed by atoms with E-state index in [0.717, 1.165) is 0 Å². The first-order chi connectivity index (χ1) is 9.88. The van der Waals surface area contributed by atoms with Crippen LogP contribution in [-0.4, -0.2) is 35.0 Å². The number of Topliss-reactive ketones (excluding diaryl/α,β-unsaturated/α-hetero) is 1. The molecule has 1 aliphatic heterocycles. The Hall–Kier alpha value is -1.99. The number of ketones is 1. The first kappa shape index (κ1) is 15.4. The van der Waals surface area contributed by atoms with Crippen molar-refractivity contribution in [3.63, 3.8) is 0 Å². The van der Waals surface area contributed by atoms with Gasteiger partial charge in [-0.05, 0) is 6.07 Å². The van der Waals surface area contributed by atoms with E-state index in [1.807, 2.05) is 0 Å². The van der Waals surface area contributed by atoms with Gasteiger partial charge in [-0.25, -0.2) is 0 Å². The molecule has 0 radical (unpaired) electrons. The number of nitrogens with zero attached hydrogens (tertiary/aromatic N) is 1. The lowest BCUT2D eigenvalue weighted by Crippen LogP contribution is -2.48. The number of carbonyl (C=O) groups is 2. The van der Waals surface area contributed by atoms with E-state index in [-0.39, 0.29) is 42.3 Å². The number of hydrogen-bond acceptors (Lipinski definition) is 5. The topological polar surface area (TPSA) is 107 Å². The Labute approximate surface area is 124 Å². The minimum Gasteiger partial charge on any atom is -0.480 e. The number of ether oxygens (including phenoxy) is 1. The molecule has 0 saturated carbocycles. The van der Waals surface area contributed by atoms with E-state index < -0.39 is 22.1 Å². The number of carboxylic acid groups (broad SMARTS) is 1. The van der Waals surface area contributed by atoms with E-state index in [0.29, 0.717) is 0 Å². The Morgan fingerprint density at radius 1 is 1.52 bits per heavy atom. The van der Waals surface area contributed by atoms with E-state index in [2.05, 4.69) is 0 Å². The van der Waals surface area contributed by atoms with Gasteiger partial charge in [0.25, 0.3) is 5.69 Å². The van der Waals surface area contributed by atoms with Gasteiger partial charge in [-0.1, -0.05) is 17.7 Å². The number of carbonyl (C=O) groups excluding carboxylic acids is 1. The lowest BCUT2D eigenvalue weighted by Gasteiger charge is -2.31. The quantitative estimate of drug-likeness (QED) is 0.516. The summed E-state index contributed by atoms with van der Waals surface area (Å²) in [5.74, 6) is -1.86. The number of nitro benzene ring substituents is 1. The molecule has 1 fully saturated rings. The fourth-order valence-corrected chi connectivity index (χ4v) is 2.57. The zero-order valence-electron chi connectivity index (χ0n) is 10.9. The largest absolute Gasteiger partial charge is 0.480 e. The highest BCUT2D eigenvalue weighted by molar-refractivity contribution is 6.31. The molecule has 1 aliphatic rings. The third-order valence-corrected chi connectivity index (χ3v) is 3.89. The minimum atomic E-state index is -1.83. The lowest BCUT2D eigenvalue weighted by molar-refractivity contribution is -0.385. The Bertz CT molecular complexity index is 617. The molecule has 8 heteroatoms. The molecular formula is C13H12ClNO6. The highest BCUT2D eigenvalue weighted by Gasteiger charge is 2.49. The normalized spacial score (nSPS) is 22.0. The predicted octanol–water partition coefficient (Wildman–Crippen LogP) is 1.85. The summed E-state index contributed by atoms with van der Waals surface area (Å²) in [4.78, 5) is 34.1. The standard InChI is InChI=1S/C13H12ClNO6/c14-9-2-1-3-10(15(19)20)8(9)6-13(12(17)18)7-21-5-4-11(13)16/h1-3H,4-7H2,(H,17,18). The number of halogens is 1. The van der Waals surface area contributed by atoms with Crippen LogP contribution >= 0.6 is 11.6 Å². The van der Waals surface area contributed by atoms with E-state index in [1.54, 1.807) is 0 Å². The van der Waals surface area contributed by atoms with Crippen LogP contribution < -0.4 is 0 Å². The second-order valence-electron chi connectivity index (χ2n) is 4.78. The maximum absolute atomic E-state index is 12.1. The van der Waals surface area contributed by atoms with Crippen molar-refractivity contribution in [2.45, 2.75) is 12.8 Å². The predicted molar refractivity (Wildman–Crippen MR) is 72.3 cm³/mol. The summed E-state index contributed by atoms with van der Waals surface area (Å²) in [6.07, 6.45) is -0.401. The van der Waals surface area contributed by atoms with Crippen molar-refractivity contribution >= 4 is 29.0 Å². The van der Waals surface area contributed by atoms with Crippen LogP contribution in [0.15, 0.2) is 18.2 Å². The van der Waals surface area contributed by atoms with Crippen LogP contribution in [0.1, 0.15) is 12.0 Å². The number of rotatable bonds is 4. The van der Waals surface area contributed by atoms with Crippen LogP contribution in [0, 0.1) is 15.5 Å². The zero-order chi connectivity index (χ0) is 15.6. The maximum Gasteiger partial charge on any atom is 0.319 e. The molecule has 21 heavy (non-hydrogen) atoms. The molecule has 1 unspecified atom stereocenters. The van der Waals surface area contributed by atoms with Crippen molar-refractivity contribution in [2.75, 3.05) is 13.2 Å². The first-order valence-corrected chi connectivity index (χ1v) is 6.52. The number of hydrogen-bond donors (Lipinski definition) is 1. The zero-order valence-corrected chi connectivity index (χ0v) is 11.6. The maximum atomic E-state index is 12.1. The summed E-state index contributed by atoms with van der Waals surface area (Å²) in [5, 5.41) is 20.5. The molecule has 0 aromatic heterocycles. The first-order valence-electron chi connectivity index (χ1n) is 6.15. The Morgan fingerprint density at radius 3 is 2.81 bits per heavy atom. The van der Waals surface area contributed by atoms with Crippen LogP contribution in [0.3, 0.4) is 0 Å². The van der Waals surface area contributed by atoms with Crippen molar-refractivity contribution in [2.24, 2.45) is 5.41 Å². The summed E-state index contributed by atoms with van der Waals surface area (Å²) in [7, 11) is 0. The third kappa shape index (κ3) is 2.74. The van der Waals surface area contributed by atoms with Gasteiger partial charge in [0.1, 0.15) is 0 Å². The van der Waals surface area contributed by atoms with Gasteiger partial charge in [0, 0.05) is 18.9 Å². The van der Waals surface area contributed by atoms with Crippen molar-refractivity contribution in [3.05, 3.63) is 38.9 Å². The number of benzene rings is 1. The summed E-state index contributed by atoms with van der Waals surface area (Å²) < 4.78 is 5.12. The average molecular weight is 314 g/mol. The molecule has 0 spiro atoms. The van der Waals surface area contributed by atoms with Crippen molar-refractivity contribution in [3.8, 4) is 0 Å². The second-order valence-corrected chi connectivity index (χ2v) is 5.19. The number of nitro groups is 1. The van der Waals surface area contributed by atoms with Gasteiger partial charge in [0.15, 0.2) is 11.2 Å². The lowest BCUT2D eigenvalue weighted by atomic mass is 9.76. The molecule has 112 valence electrons. The Kier molecular flexibility index (Phi) is 4.24. The summed E-state index contributed by atoms with van der Waals surface area (Å²) >= 11 is 5.96. The highest BCUT2D eigenvalue weighted by atomic mass is 35.5. The van der Waals surface area contributed by atoms with Gasteiger partial charge in [0.05, 0.1) is 28.7 Å². The molecule has 1 aromatic rings. The van der Waals surface area contributed by atoms with Gasteiger partial charge in [-0.15, -0.1) is 0 Å². The molecule has 7 nitrogen and oxygen atoms in total.